The lowest BCUT2D eigenvalue weighted by atomic mass is 10.2. The van der Waals surface area contributed by atoms with Crippen molar-refractivity contribution in [2.45, 2.75) is 12.1 Å². The van der Waals surface area contributed by atoms with Gasteiger partial charge in [-0.15, -0.1) is 11.6 Å². The molecule has 0 bridgehead atoms. The van der Waals surface area contributed by atoms with Crippen molar-refractivity contribution in [1.82, 2.24) is 4.98 Å². The van der Waals surface area contributed by atoms with Crippen molar-refractivity contribution in [3.05, 3.63) is 53.7 Å². The van der Waals surface area contributed by atoms with Crippen LogP contribution in [0, 0.1) is 0 Å². The maximum atomic E-state index is 12.8. The van der Waals surface area contributed by atoms with Crippen LogP contribution in [0.3, 0.4) is 0 Å². The number of pyridine rings is 1. The van der Waals surface area contributed by atoms with E-state index in [4.69, 9.17) is 16.3 Å². The van der Waals surface area contributed by atoms with E-state index >= 15 is 0 Å². The average molecular weight is 288 g/mol. The van der Waals surface area contributed by atoms with Gasteiger partial charge in [0, 0.05) is 11.8 Å². The molecule has 0 spiro atoms. The van der Waals surface area contributed by atoms with E-state index in [0.29, 0.717) is 5.56 Å². The van der Waals surface area contributed by atoms with Gasteiger partial charge in [-0.25, -0.2) is 4.98 Å². The number of rotatable bonds is 3. The molecule has 0 fully saturated rings. The Labute approximate surface area is 112 Å². The smallest absolute Gasteiger partial charge is 0.419 e. The fourth-order valence-corrected chi connectivity index (χ4v) is 1.72. The van der Waals surface area contributed by atoms with Gasteiger partial charge < -0.3 is 4.74 Å². The second kappa shape index (κ2) is 5.48. The van der Waals surface area contributed by atoms with E-state index in [2.05, 4.69) is 4.98 Å². The number of hydrogen-bond acceptors (Lipinski definition) is 2. The molecule has 1 aromatic heterocycles. The Hall–Kier alpha value is -1.75. The molecule has 100 valence electrons. The first-order valence-electron chi connectivity index (χ1n) is 5.36. The Bertz CT molecular complexity index is 572. The molecule has 0 aliphatic rings. The highest BCUT2D eigenvalue weighted by Crippen LogP contribution is 2.38. The topological polar surface area (TPSA) is 22.1 Å². The van der Waals surface area contributed by atoms with Gasteiger partial charge in [-0.3, -0.25) is 0 Å². The van der Waals surface area contributed by atoms with Gasteiger partial charge in [-0.1, -0.05) is 18.2 Å². The second-order valence-corrected chi connectivity index (χ2v) is 3.96. The van der Waals surface area contributed by atoms with Crippen LogP contribution in [0.4, 0.5) is 13.2 Å². The zero-order valence-corrected chi connectivity index (χ0v) is 10.4. The number of benzene rings is 1. The molecule has 0 radical (unpaired) electrons. The molecule has 0 unspecified atom stereocenters. The number of halogens is 4. The van der Waals surface area contributed by atoms with Crippen LogP contribution < -0.4 is 4.74 Å². The molecule has 0 saturated carbocycles. The van der Waals surface area contributed by atoms with Crippen LogP contribution in [0.5, 0.6) is 11.6 Å². The minimum absolute atomic E-state index is 0.0780. The summed E-state index contributed by atoms with van der Waals surface area (Å²) in [4.78, 5) is 3.89. The predicted molar refractivity (Wildman–Crippen MR) is 65.3 cm³/mol. The Kier molecular flexibility index (Phi) is 3.95. The molecule has 1 aromatic carbocycles. The van der Waals surface area contributed by atoms with Crippen LogP contribution in [-0.4, -0.2) is 4.98 Å². The normalized spacial score (nSPS) is 11.4. The molecule has 2 rings (SSSR count). The van der Waals surface area contributed by atoms with Gasteiger partial charge in [0.2, 0.25) is 5.88 Å². The number of alkyl halides is 4. The monoisotopic (exact) mass is 287 g/mol. The minimum Gasteiger partial charge on any atom is -0.438 e. The molecule has 0 amide bonds. The largest absolute Gasteiger partial charge is 0.438 e. The van der Waals surface area contributed by atoms with E-state index in [1.807, 2.05) is 0 Å². The van der Waals surface area contributed by atoms with Crippen molar-refractivity contribution in [2.24, 2.45) is 0 Å². The third-order valence-corrected chi connectivity index (χ3v) is 2.68. The summed E-state index contributed by atoms with van der Waals surface area (Å²) in [6, 6.07) is 8.25. The number of hydrogen-bond donors (Lipinski definition) is 0. The highest BCUT2D eigenvalue weighted by molar-refractivity contribution is 6.17. The molecule has 2 aromatic rings. The van der Waals surface area contributed by atoms with Crippen LogP contribution in [0.1, 0.15) is 11.1 Å². The predicted octanol–water partition coefficient (Wildman–Crippen LogP) is 4.63. The van der Waals surface area contributed by atoms with Crippen LogP contribution >= 0.6 is 11.6 Å². The summed E-state index contributed by atoms with van der Waals surface area (Å²) in [6.07, 6.45) is -3.05. The van der Waals surface area contributed by atoms with E-state index in [1.165, 1.54) is 24.4 Å². The zero-order chi connectivity index (χ0) is 13.9. The number of nitrogens with zero attached hydrogens (tertiary/aromatic N) is 1. The quantitative estimate of drug-likeness (QED) is 0.768. The first-order valence-corrected chi connectivity index (χ1v) is 5.90. The van der Waals surface area contributed by atoms with Gasteiger partial charge in [0.05, 0.1) is 11.4 Å². The Morgan fingerprint density at radius 2 is 1.84 bits per heavy atom. The molecule has 1 heterocycles. The summed E-state index contributed by atoms with van der Waals surface area (Å²) >= 11 is 5.69. The minimum atomic E-state index is -4.48. The first kappa shape index (κ1) is 13.7. The Morgan fingerprint density at radius 1 is 1.11 bits per heavy atom. The van der Waals surface area contributed by atoms with Crippen molar-refractivity contribution < 1.29 is 17.9 Å². The maximum Gasteiger partial charge on any atom is 0.419 e. The van der Waals surface area contributed by atoms with Gasteiger partial charge in [-0.2, -0.15) is 13.2 Å². The number of para-hydroxylation sites is 1. The lowest BCUT2D eigenvalue weighted by Gasteiger charge is -2.14. The average Bonchev–Trinajstić information content (AvgIpc) is 2.39. The van der Waals surface area contributed by atoms with Gasteiger partial charge in [-0.05, 0) is 18.2 Å². The van der Waals surface area contributed by atoms with Crippen molar-refractivity contribution in [2.75, 3.05) is 0 Å². The Morgan fingerprint density at radius 3 is 2.53 bits per heavy atom. The molecular formula is C13H9ClF3NO. The van der Waals surface area contributed by atoms with Gasteiger partial charge >= 0.3 is 6.18 Å². The highest BCUT2D eigenvalue weighted by atomic mass is 35.5. The van der Waals surface area contributed by atoms with Crippen LogP contribution in [0.25, 0.3) is 0 Å². The van der Waals surface area contributed by atoms with Crippen LogP contribution in [-0.2, 0) is 12.1 Å². The molecule has 0 N–H and O–H groups in total. The third kappa shape index (κ3) is 3.17. The van der Waals surface area contributed by atoms with Crippen LogP contribution in [0.2, 0.25) is 0 Å². The SMILES string of the molecule is FC(F)(F)c1ccccc1Oc1ncccc1CCl. The Balaban J connectivity index is 2.39. The lowest BCUT2D eigenvalue weighted by molar-refractivity contribution is -0.138. The van der Waals surface area contributed by atoms with E-state index in [9.17, 15) is 13.2 Å². The summed E-state index contributed by atoms with van der Waals surface area (Å²) in [5, 5.41) is 0. The molecule has 0 saturated heterocycles. The molecule has 0 aliphatic carbocycles. The fourth-order valence-electron chi connectivity index (χ4n) is 1.51. The molecule has 0 aliphatic heterocycles. The third-order valence-electron chi connectivity index (χ3n) is 2.39. The van der Waals surface area contributed by atoms with Gasteiger partial charge in [0.15, 0.2) is 0 Å². The number of aromatic nitrogens is 1. The van der Waals surface area contributed by atoms with E-state index in [0.717, 1.165) is 6.07 Å². The standard InChI is InChI=1S/C13H9ClF3NO/c14-8-9-4-3-7-18-12(9)19-11-6-2-1-5-10(11)13(15,16)17/h1-7H,8H2. The zero-order valence-electron chi connectivity index (χ0n) is 9.62. The van der Waals surface area contributed by atoms with Crippen molar-refractivity contribution in [1.29, 1.82) is 0 Å². The van der Waals surface area contributed by atoms with E-state index < -0.39 is 11.7 Å². The molecule has 0 atom stereocenters. The van der Waals surface area contributed by atoms with E-state index in [1.54, 1.807) is 12.1 Å². The summed E-state index contributed by atoms with van der Waals surface area (Å²) < 4.78 is 43.7. The van der Waals surface area contributed by atoms with Crippen molar-refractivity contribution >= 4 is 11.6 Å². The van der Waals surface area contributed by atoms with Crippen molar-refractivity contribution in [3.63, 3.8) is 0 Å². The summed E-state index contributed by atoms with van der Waals surface area (Å²) in [5.41, 5.74) is -0.317. The van der Waals surface area contributed by atoms with Gasteiger partial charge in [0.1, 0.15) is 5.75 Å². The second-order valence-electron chi connectivity index (χ2n) is 3.70. The van der Waals surface area contributed by atoms with E-state index in [-0.39, 0.29) is 17.5 Å². The first-order chi connectivity index (χ1) is 9.02. The lowest BCUT2D eigenvalue weighted by Crippen LogP contribution is -2.07. The molecule has 6 heteroatoms. The molecular weight excluding hydrogens is 279 g/mol. The molecule has 19 heavy (non-hydrogen) atoms. The summed E-state index contributed by atoms with van der Waals surface area (Å²) in [6.45, 7) is 0. The highest BCUT2D eigenvalue weighted by Gasteiger charge is 2.34. The fraction of sp³-hybridized carbons (Fsp3) is 0.154. The van der Waals surface area contributed by atoms with Gasteiger partial charge in [0.25, 0.3) is 0 Å². The maximum absolute atomic E-state index is 12.8. The summed E-state index contributed by atoms with van der Waals surface area (Å²) in [5.74, 6) is -0.105. The van der Waals surface area contributed by atoms with Crippen LogP contribution in [0.15, 0.2) is 42.6 Å². The number of ether oxygens (including phenoxy) is 1. The van der Waals surface area contributed by atoms with Crippen molar-refractivity contribution in [3.8, 4) is 11.6 Å². The molecule has 2 nitrogen and oxygen atoms in total. The summed E-state index contributed by atoms with van der Waals surface area (Å²) in [7, 11) is 0.